The predicted octanol–water partition coefficient (Wildman–Crippen LogP) is 4.61. The largest absolute Gasteiger partial charge is 0.467 e. The highest BCUT2D eigenvalue weighted by atomic mass is 16.5. The summed E-state index contributed by atoms with van der Waals surface area (Å²) in [4.78, 5) is 11.0. The molecule has 0 heterocycles. The number of carbonyl (C=O) groups excluding carboxylic acids is 1. The molecule has 0 amide bonds. The van der Waals surface area contributed by atoms with E-state index in [4.69, 9.17) is 0 Å². The smallest absolute Gasteiger partial charge is 0.334 e. The van der Waals surface area contributed by atoms with E-state index in [0.29, 0.717) is 6.42 Å². The molecule has 0 fully saturated rings. The fourth-order valence-corrected chi connectivity index (χ4v) is 2.43. The van der Waals surface area contributed by atoms with Crippen LogP contribution in [0, 0.1) is 0 Å². The lowest BCUT2D eigenvalue weighted by molar-refractivity contribution is -0.150. The molecule has 0 aromatic carbocycles. The number of carbonyl (C=O) groups is 1. The van der Waals surface area contributed by atoms with Gasteiger partial charge in [-0.25, -0.2) is 4.79 Å². The Kier molecular flexibility index (Phi) is 14.4. The first-order valence-corrected chi connectivity index (χ1v) is 8.48. The van der Waals surface area contributed by atoms with E-state index in [-0.39, 0.29) is 0 Å². The molecule has 0 aromatic rings. The second kappa shape index (κ2) is 14.8. The number of rotatable bonds is 14. The van der Waals surface area contributed by atoms with Crippen LogP contribution >= 0.6 is 0 Å². The normalized spacial score (nSPS) is 12.3. The summed E-state index contributed by atoms with van der Waals surface area (Å²) in [6.45, 7) is 2.25. The Bertz CT molecular complexity index is 216. The van der Waals surface area contributed by atoms with Crippen molar-refractivity contribution in [3.63, 3.8) is 0 Å². The Hall–Kier alpha value is -0.570. The van der Waals surface area contributed by atoms with Crippen molar-refractivity contribution in [3.05, 3.63) is 0 Å². The number of aliphatic hydroxyl groups excluding tert-OH is 1. The van der Waals surface area contributed by atoms with Crippen molar-refractivity contribution in [1.29, 1.82) is 0 Å². The molecule has 1 atom stereocenters. The molecule has 120 valence electrons. The van der Waals surface area contributed by atoms with Gasteiger partial charge in [-0.15, -0.1) is 0 Å². The van der Waals surface area contributed by atoms with E-state index in [0.717, 1.165) is 12.8 Å². The average molecular weight is 286 g/mol. The van der Waals surface area contributed by atoms with Crippen LogP contribution < -0.4 is 0 Å². The molecule has 3 nitrogen and oxygen atoms in total. The summed E-state index contributed by atoms with van der Waals surface area (Å²) < 4.78 is 4.48. The van der Waals surface area contributed by atoms with Crippen LogP contribution in [0.3, 0.4) is 0 Å². The van der Waals surface area contributed by atoms with Crippen LogP contribution in [-0.4, -0.2) is 24.3 Å². The van der Waals surface area contributed by atoms with Gasteiger partial charge < -0.3 is 9.84 Å². The maximum absolute atomic E-state index is 11.0. The van der Waals surface area contributed by atoms with E-state index in [1.54, 1.807) is 0 Å². The van der Waals surface area contributed by atoms with Gasteiger partial charge in [0.2, 0.25) is 0 Å². The van der Waals surface area contributed by atoms with Gasteiger partial charge in [0, 0.05) is 0 Å². The average Bonchev–Trinajstić information content (AvgIpc) is 2.47. The molecule has 0 unspecified atom stereocenters. The van der Waals surface area contributed by atoms with Crippen LogP contribution in [0.5, 0.6) is 0 Å². The topological polar surface area (TPSA) is 46.5 Å². The molecule has 0 aliphatic heterocycles. The number of ether oxygens (including phenoxy) is 1. The van der Waals surface area contributed by atoms with Gasteiger partial charge in [0.15, 0.2) is 6.10 Å². The molecule has 0 saturated heterocycles. The van der Waals surface area contributed by atoms with Crippen LogP contribution in [-0.2, 0) is 9.53 Å². The van der Waals surface area contributed by atoms with E-state index in [2.05, 4.69) is 11.7 Å². The first-order valence-electron chi connectivity index (χ1n) is 8.48. The minimum atomic E-state index is -0.928. The zero-order valence-corrected chi connectivity index (χ0v) is 13.5. The number of hydrogen-bond donors (Lipinski definition) is 1. The second-order valence-electron chi connectivity index (χ2n) is 5.72. The van der Waals surface area contributed by atoms with Gasteiger partial charge in [-0.1, -0.05) is 84.0 Å². The molecule has 0 bridgehead atoms. The maximum Gasteiger partial charge on any atom is 0.334 e. The fourth-order valence-electron chi connectivity index (χ4n) is 2.43. The summed E-state index contributed by atoms with van der Waals surface area (Å²) in [7, 11) is 1.31. The number of hydrogen-bond acceptors (Lipinski definition) is 3. The van der Waals surface area contributed by atoms with Crippen LogP contribution in [0.2, 0.25) is 0 Å². The molecule has 0 aliphatic rings. The minimum absolute atomic E-state index is 0.506. The molecule has 20 heavy (non-hydrogen) atoms. The van der Waals surface area contributed by atoms with Gasteiger partial charge in [-0.2, -0.15) is 0 Å². The van der Waals surface area contributed by atoms with Crippen LogP contribution in [0.15, 0.2) is 0 Å². The Morgan fingerprint density at radius 1 is 0.850 bits per heavy atom. The lowest BCUT2D eigenvalue weighted by Crippen LogP contribution is -2.21. The zero-order valence-electron chi connectivity index (χ0n) is 13.5. The molecular weight excluding hydrogens is 252 g/mol. The standard InChI is InChI=1S/C17H34O3/c1-3-4-5-6-7-8-9-10-11-12-13-14-15-16(18)17(19)20-2/h16,18H,3-15H2,1-2H3/t16-/m1/s1. The maximum atomic E-state index is 11.0. The minimum Gasteiger partial charge on any atom is -0.467 e. The molecule has 0 aliphatic carbocycles. The van der Waals surface area contributed by atoms with Crippen molar-refractivity contribution in [2.45, 2.75) is 96.5 Å². The second-order valence-corrected chi connectivity index (χ2v) is 5.72. The summed E-state index contributed by atoms with van der Waals surface area (Å²) in [5.41, 5.74) is 0. The first-order chi connectivity index (χ1) is 9.72. The summed E-state index contributed by atoms with van der Waals surface area (Å²) >= 11 is 0. The zero-order chi connectivity index (χ0) is 15.1. The van der Waals surface area contributed by atoms with Gasteiger partial charge in [0.25, 0.3) is 0 Å². The molecule has 0 aromatic heterocycles. The molecule has 3 heteroatoms. The third kappa shape index (κ3) is 12.5. The van der Waals surface area contributed by atoms with Crippen molar-refractivity contribution in [3.8, 4) is 0 Å². The molecule has 0 rings (SSSR count). The Labute approximate surface area is 125 Å². The number of unbranched alkanes of at least 4 members (excludes halogenated alkanes) is 11. The van der Waals surface area contributed by atoms with Crippen molar-refractivity contribution in [1.82, 2.24) is 0 Å². The highest BCUT2D eigenvalue weighted by Gasteiger charge is 2.13. The summed E-state index contributed by atoms with van der Waals surface area (Å²) in [6.07, 6.45) is 15.1. The predicted molar refractivity (Wildman–Crippen MR) is 83.7 cm³/mol. The highest BCUT2D eigenvalue weighted by Crippen LogP contribution is 2.13. The molecule has 0 saturated carbocycles. The van der Waals surface area contributed by atoms with Gasteiger partial charge in [-0.05, 0) is 6.42 Å². The van der Waals surface area contributed by atoms with E-state index < -0.39 is 12.1 Å². The molecular formula is C17H34O3. The Morgan fingerprint density at radius 3 is 1.65 bits per heavy atom. The monoisotopic (exact) mass is 286 g/mol. The molecule has 0 radical (unpaired) electrons. The number of aliphatic hydroxyl groups is 1. The van der Waals surface area contributed by atoms with Gasteiger partial charge in [-0.3, -0.25) is 0 Å². The van der Waals surface area contributed by atoms with Gasteiger partial charge in [0.1, 0.15) is 0 Å². The SMILES string of the molecule is CCCCCCCCCCCCCC[C@@H](O)C(=O)OC. The van der Waals surface area contributed by atoms with E-state index in [1.165, 1.54) is 71.3 Å². The Morgan fingerprint density at radius 2 is 1.25 bits per heavy atom. The quantitative estimate of drug-likeness (QED) is 0.374. The van der Waals surface area contributed by atoms with E-state index >= 15 is 0 Å². The summed E-state index contributed by atoms with van der Waals surface area (Å²) in [5, 5.41) is 9.40. The fraction of sp³-hybridized carbons (Fsp3) is 0.941. The molecule has 1 N–H and O–H groups in total. The van der Waals surface area contributed by atoms with Crippen molar-refractivity contribution < 1.29 is 14.6 Å². The van der Waals surface area contributed by atoms with Crippen LogP contribution in [0.25, 0.3) is 0 Å². The summed E-state index contributed by atoms with van der Waals surface area (Å²) in [5.74, 6) is -0.506. The highest BCUT2D eigenvalue weighted by molar-refractivity contribution is 5.74. The van der Waals surface area contributed by atoms with Gasteiger partial charge >= 0.3 is 5.97 Å². The Balaban J connectivity index is 3.11. The van der Waals surface area contributed by atoms with E-state index in [1.807, 2.05) is 0 Å². The van der Waals surface area contributed by atoms with Crippen molar-refractivity contribution in [2.24, 2.45) is 0 Å². The van der Waals surface area contributed by atoms with Gasteiger partial charge in [0.05, 0.1) is 7.11 Å². The van der Waals surface area contributed by atoms with E-state index in [9.17, 15) is 9.90 Å². The van der Waals surface area contributed by atoms with Crippen LogP contribution in [0.1, 0.15) is 90.4 Å². The first kappa shape index (κ1) is 19.4. The third-order valence-electron chi connectivity index (χ3n) is 3.80. The summed E-state index contributed by atoms with van der Waals surface area (Å²) in [6, 6.07) is 0. The van der Waals surface area contributed by atoms with Crippen molar-refractivity contribution in [2.75, 3.05) is 7.11 Å². The number of methoxy groups -OCH3 is 1. The van der Waals surface area contributed by atoms with Crippen molar-refractivity contribution >= 4 is 5.97 Å². The van der Waals surface area contributed by atoms with Crippen LogP contribution in [0.4, 0.5) is 0 Å². The third-order valence-corrected chi connectivity index (χ3v) is 3.80. The number of esters is 1. The lowest BCUT2D eigenvalue weighted by Gasteiger charge is -2.07. The lowest BCUT2D eigenvalue weighted by atomic mass is 10.0. The molecule has 0 spiro atoms.